The van der Waals surface area contributed by atoms with Crippen molar-refractivity contribution in [2.45, 2.75) is 6.10 Å². The zero-order valence-electron chi connectivity index (χ0n) is 4.24. The second kappa shape index (κ2) is 5.16. The molecule has 1 atom stereocenters. The van der Waals surface area contributed by atoms with Crippen molar-refractivity contribution in [3.05, 3.63) is 0 Å². The maximum absolute atomic E-state index is 9.52. The molecule has 0 saturated heterocycles. The van der Waals surface area contributed by atoms with E-state index in [0.717, 1.165) is 0 Å². The second-order valence-electron chi connectivity index (χ2n) is 1.04. The number of aliphatic hydroxyl groups excluding tert-OH is 2. The van der Waals surface area contributed by atoms with Gasteiger partial charge in [0.25, 0.3) is 0 Å². The molecule has 1 unspecified atom stereocenters. The van der Waals surface area contributed by atoms with Gasteiger partial charge in [-0.1, -0.05) is 0 Å². The van der Waals surface area contributed by atoms with E-state index in [1.54, 1.807) is 0 Å². The first-order valence-electron chi connectivity index (χ1n) is 1.70. The van der Waals surface area contributed by atoms with Crippen molar-refractivity contribution in [3.63, 3.8) is 0 Å². The normalized spacial score (nSPS) is 11.8. The molecule has 0 bridgehead atoms. The number of rotatable bonds is 2. The smallest absolute Gasteiger partial charge is 0.334 e. The summed E-state index contributed by atoms with van der Waals surface area (Å²) in [6.07, 6.45) is -1.63. The number of carboxylic acid groups (broad SMARTS) is 1. The fourth-order valence-corrected chi connectivity index (χ4v) is 0.0781. The maximum Gasteiger partial charge on any atom is 0.334 e. The molecular weight excluding hydrogens is 165 g/mol. The molecule has 0 spiro atoms. The summed E-state index contributed by atoms with van der Waals surface area (Å²) < 4.78 is 0. The van der Waals surface area contributed by atoms with E-state index in [-0.39, 0.29) is 19.5 Å². The molecule has 0 aromatic rings. The fraction of sp³-hybridized carbons (Fsp3) is 0.667. The zero-order chi connectivity index (χ0) is 5.86. The summed E-state index contributed by atoms with van der Waals surface area (Å²) in [6.45, 7) is -0.727. The topological polar surface area (TPSA) is 77.8 Å². The Balaban J connectivity index is 0. The Kier molecular flexibility index (Phi) is 7.03. The zero-order valence-corrected chi connectivity index (χ0v) is 7.21. The molecule has 0 heterocycles. The molecule has 0 radical (unpaired) electrons. The molecule has 4 nitrogen and oxygen atoms in total. The number of hydrogen-bond donors (Lipinski definition) is 3. The van der Waals surface area contributed by atoms with Crippen molar-refractivity contribution < 1.29 is 39.6 Å². The number of carbonyl (C=O) groups is 1. The molecule has 0 fully saturated rings. The van der Waals surface area contributed by atoms with E-state index in [2.05, 4.69) is 0 Å². The van der Waals surface area contributed by atoms with Crippen LogP contribution in [0.3, 0.4) is 0 Å². The molecule has 0 aromatic carbocycles. The summed E-state index contributed by atoms with van der Waals surface area (Å²) in [7, 11) is 0. The Bertz CT molecular complexity index is 73.7. The van der Waals surface area contributed by atoms with Crippen LogP contribution in [0.4, 0.5) is 0 Å². The quantitative estimate of drug-likeness (QED) is 0.439. The fourth-order valence-electron chi connectivity index (χ4n) is 0.0781. The van der Waals surface area contributed by atoms with Gasteiger partial charge >= 0.3 is 5.97 Å². The molecule has 3 N–H and O–H groups in total. The molecule has 0 aliphatic heterocycles. The molecule has 0 aliphatic carbocycles. The van der Waals surface area contributed by atoms with Crippen LogP contribution in [0.25, 0.3) is 0 Å². The van der Waals surface area contributed by atoms with Gasteiger partial charge in [0.15, 0.2) is 6.10 Å². The monoisotopic (exact) mass is 170 g/mol. The molecule has 5 heteroatoms. The number of aliphatic carboxylic acids is 1. The van der Waals surface area contributed by atoms with E-state index < -0.39 is 18.7 Å². The summed E-state index contributed by atoms with van der Waals surface area (Å²) >= 11 is 0. The average Bonchev–Trinajstić information content (AvgIpc) is 1.65. The van der Waals surface area contributed by atoms with Gasteiger partial charge in [0, 0.05) is 19.5 Å². The van der Waals surface area contributed by atoms with Crippen LogP contribution in [0, 0.1) is 0 Å². The molecule has 0 aromatic heterocycles. The van der Waals surface area contributed by atoms with E-state index >= 15 is 0 Å². The maximum atomic E-state index is 9.52. The summed E-state index contributed by atoms with van der Waals surface area (Å²) in [5, 5.41) is 23.7. The summed E-state index contributed by atoms with van der Waals surface area (Å²) in [5.41, 5.74) is 0. The van der Waals surface area contributed by atoms with Crippen LogP contribution in [0.2, 0.25) is 0 Å². The predicted octanol–water partition coefficient (Wildman–Crippen LogP) is -1.58. The molecule has 0 amide bonds. The number of aliphatic hydroxyl groups is 2. The van der Waals surface area contributed by atoms with E-state index in [1.165, 1.54) is 0 Å². The molecular formula is C3H6O4Zn. The summed E-state index contributed by atoms with van der Waals surface area (Å²) in [4.78, 5) is 9.52. The molecule has 8 heavy (non-hydrogen) atoms. The van der Waals surface area contributed by atoms with Crippen molar-refractivity contribution in [2.24, 2.45) is 0 Å². The van der Waals surface area contributed by atoms with E-state index in [9.17, 15) is 4.79 Å². The Hall–Kier alpha value is 0.0134. The number of carboxylic acids is 1. The van der Waals surface area contributed by atoms with Crippen LogP contribution in [0.15, 0.2) is 0 Å². The number of hydrogen-bond acceptors (Lipinski definition) is 3. The first kappa shape index (κ1) is 10.9. The minimum atomic E-state index is -1.63. The van der Waals surface area contributed by atoms with Crippen LogP contribution in [-0.2, 0) is 24.3 Å². The molecule has 0 rings (SSSR count). The van der Waals surface area contributed by atoms with Crippen molar-refractivity contribution >= 4 is 5.97 Å². The second-order valence-corrected chi connectivity index (χ2v) is 1.04. The van der Waals surface area contributed by atoms with Gasteiger partial charge in [0.2, 0.25) is 0 Å². The van der Waals surface area contributed by atoms with E-state index in [0.29, 0.717) is 0 Å². The first-order chi connectivity index (χ1) is 3.18. The van der Waals surface area contributed by atoms with Crippen molar-refractivity contribution in [2.75, 3.05) is 6.61 Å². The van der Waals surface area contributed by atoms with Gasteiger partial charge in [0.05, 0.1) is 6.61 Å². The Morgan fingerprint density at radius 3 is 2.00 bits per heavy atom. The van der Waals surface area contributed by atoms with Crippen molar-refractivity contribution in [1.29, 1.82) is 0 Å². The van der Waals surface area contributed by atoms with Crippen LogP contribution in [0.1, 0.15) is 0 Å². The Morgan fingerprint density at radius 1 is 1.62 bits per heavy atom. The molecule has 0 saturated carbocycles. The van der Waals surface area contributed by atoms with Gasteiger partial charge in [0.1, 0.15) is 0 Å². The van der Waals surface area contributed by atoms with E-state index in [4.69, 9.17) is 15.3 Å². The average molecular weight is 171 g/mol. The van der Waals surface area contributed by atoms with Crippen LogP contribution >= 0.6 is 0 Å². The summed E-state index contributed by atoms with van der Waals surface area (Å²) in [5.74, 6) is -1.40. The predicted molar refractivity (Wildman–Crippen MR) is 20.7 cm³/mol. The minimum Gasteiger partial charge on any atom is -0.479 e. The molecule has 0 aliphatic rings. The van der Waals surface area contributed by atoms with Crippen LogP contribution < -0.4 is 0 Å². The SMILES string of the molecule is O=C(O)C(O)CO.[Zn]. The van der Waals surface area contributed by atoms with Gasteiger partial charge in [-0.25, -0.2) is 4.79 Å². The van der Waals surface area contributed by atoms with Gasteiger partial charge in [-0.3, -0.25) is 0 Å². The minimum absolute atomic E-state index is 0. The van der Waals surface area contributed by atoms with E-state index in [1.807, 2.05) is 0 Å². The Morgan fingerprint density at radius 2 is 2.00 bits per heavy atom. The van der Waals surface area contributed by atoms with Gasteiger partial charge in [-0.05, 0) is 0 Å². The third-order valence-electron chi connectivity index (χ3n) is 0.458. The Labute approximate surface area is 58.9 Å². The third kappa shape index (κ3) is 4.18. The largest absolute Gasteiger partial charge is 0.479 e. The van der Waals surface area contributed by atoms with Crippen LogP contribution in [-0.4, -0.2) is 34.0 Å². The van der Waals surface area contributed by atoms with Gasteiger partial charge in [-0.15, -0.1) is 0 Å². The standard InChI is InChI=1S/C3H6O4.Zn/c4-1-2(5)3(6)7;/h2,4-5H,1H2,(H,6,7);. The van der Waals surface area contributed by atoms with Crippen molar-refractivity contribution in [3.8, 4) is 0 Å². The third-order valence-corrected chi connectivity index (χ3v) is 0.458. The van der Waals surface area contributed by atoms with Gasteiger partial charge < -0.3 is 15.3 Å². The van der Waals surface area contributed by atoms with Gasteiger partial charge in [-0.2, -0.15) is 0 Å². The summed E-state index contributed by atoms with van der Waals surface area (Å²) in [6, 6.07) is 0. The first-order valence-corrected chi connectivity index (χ1v) is 1.70. The molecule has 44 valence electrons. The van der Waals surface area contributed by atoms with Crippen LogP contribution in [0.5, 0.6) is 0 Å². The van der Waals surface area contributed by atoms with Crippen molar-refractivity contribution in [1.82, 2.24) is 0 Å².